The van der Waals surface area contributed by atoms with Gasteiger partial charge in [0.1, 0.15) is 15.5 Å². The van der Waals surface area contributed by atoms with E-state index in [1.165, 1.54) is 18.6 Å². The van der Waals surface area contributed by atoms with Crippen molar-refractivity contribution in [3.05, 3.63) is 46.2 Å². The first-order chi connectivity index (χ1) is 11.5. The Bertz CT molecular complexity index is 873. The SMILES string of the molecule is COC(=O)c1sccc1S(=O)(=O)NCC#Cc1ccc(OC)cc1. The second-order valence-corrected chi connectivity index (χ2v) is 7.11. The third kappa shape index (κ3) is 4.35. The van der Waals surface area contributed by atoms with Gasteiger partial charge in [0.25, 0.3) is 0 Å². The van der Waals surface area contributed by atoms with Gasteiger partial charge < -0.3 is 9.47 Å². The summed E-state index contributed by atoms with van der Waals surface area (Å²) in [5.74, 6) is 5.60. The van der Waals surface area contributed by atoms with Crippen LogP contribution < -0.4 is 9.46 Å². The van der Waals surface area contributed by atoms with Crippen LogP contribution in [0.3, 0.4) is 0 Å². The van der Waals surface area contributed by atoms with Gasteiger partial charge in [0.05, 0.1) is 20.8 Å². The smallest absolute Gasteiger partial charge is 0.349 e. The standard InChI is InChI=1S/C16H15NO5S2/c1-21-13-7-5-12(6-8-13)4-3-10-17-24(19,20)14-9-11-23-15(14)16(18)22-2/h5-9,11,17H,10H2,1-2H3. The van der Waals surface area contributed by atoms with Crippen LogP contribution >= 0.6 is 11.3 Å². The van der Waals surface area contributed by atoms with Crippen LogP contribution in [0, 0.1) is 11.8 Å². The monoisotopic (exact) mass is 365 g/mol. The second-order valence-electron chi connectivity index (χ2n) is 4.46. The van der Waals surface area contributed by atoms with E-state index >= 15 is 0 Å². The third-order valence-corrected chi connectivity index (χ3v) is 5.43. The Labute approximate surface area is 144 Å². The molecule has 0 aliphatic carbocycles. The number of benzene rings is 1. The molecule has 6 nitrogen and oxygen atoms in total. The maximum atomic E-state index is 12.2. The molecule has 126 valence electrons. The number of hydrogen-bond donors (Lipinski definition) is 1. The van der Waals surface area contributed by atoms with Crippen LogP contribution in [0.5, 0.6) is 5.75 Å². The maximum absolute atomic E-state index is 12.2. The van der Waals surface area contributed by atoms with Gasteiger partial charge in [-0.15, -0.1) is 11.3 Å². The summed E-state index contributed by atoms with van der Waals surface area (Å²) in [5, 5.41) is 1.52. The summed E-state index contributed by atoms with van der Waals surface area (Å²) >= 11 is 1.01. The molecule has 1 heterocycles. The Kier molecular flexibility index (Phi) is 5.98. The maximum Gasteiger partial charge on any atom is 0.349 e. The molecular formula is C16H15NO5S2. The summed E-state index contributed by atoms with van der Waals surface area (Å²) in [4.78, 5) is 11.5. The number of hydrogen-bond acceptors (Lipinski definition) is 6. The lowest BCUT2D eigenvalue weighted by Gasteiger charge is -2.04. The molecule has 0 radical (unpaired) electrons. The van der Waals surface area contributed by atoms with Crippen LogP contribution in [0.2, 0.25) is 0 Å². The molecule has 0 unspecified atom stereocenters. The minimum atomic E-state index is -3.83. The fourth-order valence-corrected chi connectivity index (χ4v) is 4.04. The fourth-order valence-electron chi connectivity index (χ4n) is 1.78. The van der Waals surface area contributed by atoms with Crippen LogP contribution in [0.4, 0.5) is 0 Å². The molecule has 0 aliphatic heterocycles. The largest absolute Gasteiger partial charge is 0.497 e. The third-order valence-electron chi connectivity index (χ3n) is 2.96. The molecule has 0 amide bonds. The predicted octanol–water partition coefficient (Wildman–Crippen LogP) is 1.87. The number of rotatable bonds is 5. The number of thiophene rings is 1. The molecule has 0 saturated carbocycles. The van der Waals surface area contributed by atoms with Crippen molar-refractivity contribution in [3.63, 3.8) is 0 Å². The molecule has 0 fully saturated rings. The highest BCUT2D eigenvalue weighted by Gasteiger charge is 2.23. The predicted molar refractivity (Wildman–Crippen MR) is 90.7 cm³/mol. The van der Waals surface area contributed by atoms with Crippen molar-refractivity contribution in [3.8, 4) is 17.6 Å². The van der Waals surface area contributed by atoms with E-state index in [1.807, 2.05) is 0 Å². The summed E-state index contributed by atoms with van der Waals surface area (Å²) in [6.07, 6.45) is 0. The Morgan fingerprint density at radius 2 is 1.92 bits per heavy atom. The van der Waals surface area contributed by atoms with E-state index in [0.29, 0.717) is 5.75 Å². The van der Waals surface area contributed by atoms with Crippen molar-refractivity contribution in [2.24, 2.45) is 0 Å². The molecule has 0 atom stereocenters. The van der Waals surface area contributed by atoms with Crippen LogP contribution in [-0.2, 0) is 14.8 Å². The van der Waals surface area contributed by atoms with Gasteiger partial charge in [-0.1, -0.05) is 11.8 Å². The lowest BCUT2D eigenvalue weighted by atomic mass is 10.2. The lowest BCUT2D eigenvalue weighted by molar-refractivity contribution is 0.0602. The molecule has 0 saturated heterocycles. The molecule has 0 aliphatic rings. The van der Waals surface area contributed by atoms with Gasteiger partial charge in [0.2, 0.25) is 10.0 Å². The molecule has 1 aromatic carbocycles. The summed E-state index contributed by atoms with van der Waals surface area (Å²) in [6, 6.07) is 8.43. The zero-order chi connectivity index (χ0) is 17.6. The van der Waals surface area contributed by atoms with Crippen LogP contribution in [0.25, 0.3) is 0 Å². The van der Waals surface area contributed by atoms with E-state index < -0.39 is 16.0 Å². The molecule has 2 rings (SSSR count). The number of nitrogens with one attached hydrogen (secondary N) is 1. The number of methoxy groups -OCH3 is 2. The summed E-state index contributed by atoms with van der Waals surface area (Å²) in [5.41, 5.74) is 0.737. The first-order valence-electron chi connectivity index (χ1n) is 6.76. The number of esters is 1. The van der Waals surface area contributed by atoms with Gasteiger partial charge in [0, 0.05) is 5.56 Å². The second kappa shape index (κ2) is 7.97. The van der Waals surface area contributed by atoms with Gasteiger partial charge in [-0.05, 0) is 35.7 Å². The van der Waals surface area contributed by atoms with E-state index in [-0.39, 0.29) is 16.3 Å². The molecule has 1 aromatic heterocycles. The topological polar surface area (TPSA) is 81.7 Å². The van der Waals surface area contributed by atoms with Gasteiger partial charge in [0.15, 0.2) is 0 Å². The molecule has 24 heavy (non-hydrogen) atoms. The Hall–Kier alpha value is -2.34. The summed E-state index contributed by atoms with van der Waals surface area (Å²) < 4.78 is 36.4. The molecule has 0 spiro atoms. The van der Waals surface area contributed by atoms with E-state index in [9.17, 15) is 13.2 Å². The van der Waals surface area contributed by atoms with Gasteiger partial charge in [-0.3, -0.25) is 0 Å². The first-order valence-corrected chi connectivity index (χ1v) is 9.12. The summed E-state index contributed by atoms with van der Waals surface area (Å²) in [6.45, 7) is -0.0785. The first kappa shape index (κ1) is 18.0. The Morgan fingerprint density at radius 1 is 1.21 bits per heavy atom. The van der Waals surface area contributed by atoms with Crippen LogP contribution in [-0.4, -0.2) is 35.2 Å². The van der Waals surface area contributed by atoms with E-state index in [1.54, 1.807) is 31.4 Å². The van der Waals surface area contributed by atoms with Crippen molar-refractivity contribution in [1.82, 2.24) is 4.72 Å². The van der Waals surface area contributed by atoms with Crippen molar-refractivity contribution in [1.29, 1.82) is 0 Å². The Morgan fingerprint density at radius 3 is 2.54 bits per heavy atom. The normalized spacial score (nSPS) is 10.6. The average Bonchev–Trinajstić information content (AvgIpc) is 3.09. The highest BCUT2D eigenvalue weighted by atomic mass is 32.2. The average molecular weight is 365 g/mol. The van der Waals surface area contributed by atoms with Gasteiger partial charge in [-0.2, -0.15) is 4.72 Å². The van der Waals surface area contributed by atoms with Gasteiger partial charge in [-0.25, -0.2) is 13.2 Å². The number of carbonyl (C=O) groups is 1. The molecule has 1 N–H and O–H groups in total. The van der Waals surface area contributed by atoms with Crippen LogP contribution in [0.15, 0.2) is 40.6 Å². The number of ether oxygens (including phenoxy) is 2. The van der Waals surface area contributed by atoms with E-state index in [2.05, 4.69) is 21.3 Å². The number of sulfonamides is 1. The quantitative estimate of drug-likeness (QED) is 0.646. The zero-order valence-corrected chi connectivity index (χ0v) is 14.7. The lowest BCUT2D eigenvalue weighted by Crippen LogP contribution is -2.25. The van der Waals surface area contributed by atoms with Gasteiger partial charge >= 0.3 is 5.97 Å². The summed E-state index contributed by atoms with van der Waals surface area (Å²) in [7, 11) is -1.06. The molecule has 0 bridgehead atoms. The number of carbonyl (C=O) groups excluding carboxylic acids is 1. The highest BCUT2D eigenvalue weighted by Crippen LogP contribution is 2.22. The van der Waals surface area contributed by atoms with Crippen molar-refractivity contribution in [2.45, 2.75) is 4.90 Å². The zero-order valence-electron chi connectivity index (χ0n) is 13.0. The minimum absolute atomic E-state index is 0.0353. The van der Waals surface area contributed by atoms with E-state index in [0.717, 1.165) is 16.9 Å². The Balaban J connectivity index is 2.05. The van der Waals surface area contributed by atoms with Crippen molar-refractivity contribution >= 4 is 27.3 Å². The molecule has 2 aromatic rings. The molecule has 8 heteroatoms. The van der Waals surface area contributed by atoms with Crippen molar-refractivity contribution < 1.29 is 22.7 Å². The van der Waals surface area contributed by atoms with E-state index in [4.69, 9.17) is 4.74 Å². The van der Waals surface area contributed by atoms with Crippen LogP contribution in [0.1, 0.15) is 15.2 Å². The fraction of sp³-hybridized carbons (Fsp3) is 0.188. The minimum Gasteiger partial charge on any atom is -0.497 e. The van der Waals surface area contributed by atoms with Crippen molar-refractivity contribution in [2.75, 3.05) is 20.8 Å². The highest BCUT2D eigenvalue weighted by molar-refractivity contribution is 7.89. The molecular weight excluding hydrogens is 350 g/mol.